The second kappa shape index (κ2) is 5.75. The summed E-state index contributed by atoms with van der Waals surface area (Å²) in [5.41, 5.74) is 11.8. The van der Waals surface area contributed by atoms with E-state index < -0.39 is 17.2 Å². The lowest BCUT2D eigenvalue weighted by molar-refractivity contribution is -0.137. The monoisotopic (exact) mass is 352 g/mol. The van der Waals surface area contributed by atoms with Crippen LogP contribution in [0, 0.1) is 0 Å². The summed E-state index contributed by atoms with van der Waals surface area (Å²) in [6.07, 6.45) is -2.71. The highest BCUT2D eigenvalue weighted by atomic mass is 19.4. The first-order valence-corrected chi connectivity index (χ1v) is 7.79. The number of nitrogen functional groups attached to an aromatic ring is 2. The summed E-state index contributed by atoms with van der Waals surface area (Å²) in [7, 11) is 0. The molecule has 3 heterocycles. The van der Waals surface area contributed by atoms with Gasteiger partial charge in [0.15, 0.2) is 0 Å². The highest BCUT2D eigenvalue weighted by molar-refractivity contribution is 5.55. The van der Waals surface area contributed by atoms with Crippen molar-refractivity contribution in [1.82, 2.24) is 15.0 Å². The molecule has 0 radical (unpaired) electrons. The Bertz CT molecular complexity index is 803. The Kier molecular flexibility index (Phi) is 3.97. The van der Waals surface area contributed by atoms with Gasteiger partial charge in [-0.25, -0.2) is 9.97 Å². The Morgan fingerprint density at radius 1 is 1.20 bits per heavy atom. The Labute approximate surface area is 143 Å². The van der Waals surface area contributed by atoms with Crippen molar-refractivity contribution in [1.29, 1.82) is 0 Å². The van der Waals surface area contributed by atoms with Gasteiger partial charge in [-0.1, -0.05) is 13.8 Å². The Morgan fingerprint density at radius 2 is 1.92 bits per heavy atom. The molecule has 9 heteroatoms. The molecular weight excluding hydrogens is 333 g/mol. The van der Waals surface area contributed by atoms with Crippen molar-refractivity contribution in [3.63, 3.8) is 0 Å². The standard InChI is InChI=1S/C16H19F3N6/c1-15(2)8-25(13-9(16(17,18)19)4-3-6-22-13)7-5-10-11(15)12(20)24-14(21)23-10/h3-4,6H,5,7-8H2,1-2H3,(H4,20,21,23,24). The van der Waals surface area contributed by atoms with Crippen LogP contribution >= 0.6 is 0 Å². The van der Waals surface area contributed by atoms with E-state index in [1.54, 1.807) is 4.90 Å². The van der Waals surface area contributed by atoms with E-state index in [9.17, 15) is 13.2 Å². The molecule has 4 N–H and O–H groups in total. The minimum absolute atomic E-state index is 0.0642. The van der Waals surface area contributed by atoms with E-state index in [-0.39, 0.29) is 17.6 Å². The number of anilines is 3. The quantitative estimate of drug-likeness (QED) is 0.818. The summed E-state index contributed by atoms with van der Waals surface area (Å²) >= 11 is 0. The molecule has 0 unspecified atom stereocenters. The largest absolute Gasteiger partial charge is 0.419 e. The summed E-state index contributed by atoms with van der Waals surface area (Å²) < 4.78 is 40.1. The van der Waals surface area contributed by atoms with Crippen LogP contribution in [0.2, 0.25) is 0 Å². The van der Waals surface area contributed by atoms with Crippen molar-refractivity contribution in [2.45, 2.75) is 31.9 Å². The van der Waals surface area contributed by atoms with Gasteiger partial charge in [-0.3, -0.25) is 0 Å². The zero-order valence-electron chi connectivity index (χ0n) is 13.9. The van der Waals surface area contributed by atoms with Gasteiger partial charge in [0.1, 0.15) is 11.6 Å². The van der Waals surface area contributed by atoms with Crippen molar-refractivity contribution < 1.29 is 13.2 Å². The molecule has 6 nitrogen and oxygen atoms in total. The molecule has 0 fully saturated rings. The molecule has 2 aromatic rings. The van der Waals surface area contributed by atoms with Crippen LogP contribution in [-0.4, -0.2) is 28.0 Å². The molecule has 0 atom stereocenters. The molecule has 0 spiro atoms. The van der Waals surface area contributed by atoms with E-state index in [0.29, 0.717) is 25.2 Å². The van der Waals surface area contributed by atoms with E-state index in [4.69, 9.17) is 11.5 Å². The van der Waals surface area contributed by atoms with Crippen LogP contribution in [0.5, 0.6) is 0 Å². The van der Waals surface area contributed by atoms with E-state index in [1.807, 2.05) is 13.8 Å². The lowest BCUT2D eigenvalue weighted by Gasteiger charge is -2.32. The maximum atomic E-state index is 13.4. The van der Waals surface area contributed by atoms with E-state index in [1.165, 1.54) is 12.3 Å². The number of nitrogens with zero attached hydrogens (tertiary/aromatic N) is 4. The number of alkyl halides is 3. The van der Waals surface area contributed by atoms with E-state index >= 15 is 0 Å². The number of hydrogen-bond acceptors (Lipinski definition) is 6. The van der Waals surface area contributed by atoms with Gasteiger partial charge in [-0.2, -0.15) is 18.2 Å². The molecule has 0 saturated carbocycles. The van der Waals surface area contributed by atoms with Crippen molar-refractivity contribution in [2.75, 3.05) is 29.5 Å². The van der Waals surface area contributed by atoms with Crippen molar-refractivity contribution in [2.24, 2.45) is 0 Å². The van der Waals surface area contributed by atoms with Gasteiger partial charge < -0.3 is 16.4 Å². The summed E-state index contributed by atoms with van der Waals surface area (Å²) in [5, 5.41) is 0. The number of hydrogen-bond donors (Lipinski definition) is 2. The third-order valence-corrected chi connectivity index (χ3v) is 4.30. The lowest BCUT2D eigenvalue weighted by Crippen LogP contribution is -2.38. The third kappa shape index (κ3) is 3.18. The smallest absolute Gasteiger partial charge is 0.383 e. The van der Waals surface area contributed by atoms with Crippen molar-refractivity contribution >= 4 is 17.6 Å². The maximum Gasteiger partial charge on any atom is 0.419 e. The fourth-order valence-electron chi connectivity index (χ4n) is 3.39. The molecule has 0 aromatic carbocycles. The normalized spacial score (nSPS) is 17.1. The summed E-state index contributed by atoms with van der Waals surface area (Å²) in [6, 6.07) is 2.33. The van der Waals surface area contributed by atoms with E-state index in [2.05, 4.69) is 15.0 Å². The predicted molar refractivity (Wildman–Crippen MR) is 89.0 cm³/mol. The molecule has 0 aliphatic carbocycles. The molecule has 0 amide bonds. The first kappa shape index (κ1) is 17.2. The number of rotatable bonds is 1. The van der Waals surface area contributed by atoms with Gasteiger partial charge in [0.05, 0.1) is 11.3 Å². The minimum Gasteiger partial charge on any atom is -0.383 e. The highest BCUT2D eigenvalue weighted by Crippen LogP contribution is 2.39. The summed E-state index contributed by atoms with van der Waals surface area (Å²) in [5.74, 6) is 0.246. The van der Waals surface area contributed by atoms with Gasteiger partial charge in [0.2, 0.25) is 5.95 Å². The zero-order chi connectivity index (χ0) is 18.4. The summed E-state index contributed by atoms with van der Waals surface area (Å²) in [4.78, 5) is 13.9. The number of halogens is 3. The van der Waals surface area contributed by atoms with Crippen LogP contribution in [0.25, 0.3) is 0 Å². The molecule has 0 bridgehead atoms. The van der Waals surface area contributed by atoms with Crippen LogP contribution in [0.1, 0.15) is 30.7 Å². The molecule has 2 aromatic heterocycles. The second-order valence-electron chi connectivity index (χ2n) is 6.72. The minimum atomic E-state index is -4.48. The molecule has 0 saturated heterocycles. The van der Waals surface area contributed by atoms with Crippen LogP contribution in [0.4, 0.5) is 30.8 Å². The topological polar surface area (TPSA) is 94.0 Å². The van der Waals surface area contributed by atoms with Gasteiger partial charge in [-0.15, -0.1) is 0 Å². The number of pyridine rings is 1. The number of nitrogens with two attached hydrogens (primary N) is 2. The average Bonchev–Trinajstić information content (AvgIpc) is 2.62. The van der Waals surface area contributed by atoms with Gasteiger partial charge in [0.25, 0.3) is 0 Å². The van der Waals surface area contributed by atoms with Crippen LogP contribution < -0.4 is 16.4 Å². The van der Waals surface area contributed by atoms with Crippen molar-refractivity contribution in [3.8, 4) is 0 Å². The van der Waals surface area contributed by atoms with Gasteiger partial charge >= 0.3 is 6.18 Å². The SMILES string of the molecule is CC1(C)CN(c2ncccc2C(F)(F)F)CCc2nc(N)nc(N)c21. The van der Waals surface area contributed by atoms with Gasteiger partial charge in [0, 0.05) is 36.7 Å². The maximum absolute atomic E-state index is 13.4. The molecule has 134 valence electrons. The van der Waals surface area contributed by atoms with Crippen LogP contribution in [-0.2, 0) is 18.0 Å². The Morgan fingerprint density at radius 3 is 2.60 bits per heavy atom. The Hall–Kier alpha value is -2.58. The number of fused-ring (bicyclic) bond motifs is 1. The predicted octanol–water partition coefficient (Wildman–Crippen LogP) is 2.40. The summed E-state index contributed by atoms with van der Waals surface area (Å²) in [6.45, 7) is 4.43. The first-order valence-electron chi connectivity index (χ1n) is 7.79. The Balaban J connectivity index is 2.06. The van der Waals surface area contributed by atoms with Gasteiger partial charge in [-0.05, 0) is 12.1 Å². The average molecular weight is 352 g/mol. The molecule has 3 rings (SSSR count). The molecular formula is C16H19F3N6. The molecule has 25 heavy (non-hydrogen) atoms. The molecule has 1 aliphatic heterocycles. The lowest BCUT2D eigenvalue weighted by atomic mass is 9.83. The zero-order valence-corrected chi connectivity index (χ0v) is 13.9. The fourth-order valence-corrected chi connectivity index (χ4v) is 3.39. The van der Waals surface area contributed by atoms with E-state index in [0.717, 1.165) is 11.6 Å². The molecule has 1 aliphatic rings. The number of aromatic nitrogens is 3. The highest BCUT2D eigenvalue weighted by Gasteiger charge is 2.39. The fraction of sp³-hybridized carbons (Fsp3) is 0.438. The second-order valence-corrected chi connectivity index (χ2v) is 6.72. The van der Waals surface area contributed by atoms with Crippen LogP contribution in [0.3, 0.4) is 0 Å². The third-order valence-electron chi connectivity index (χ3n) is 4.30. The van der Waals surface area contributed by atoms with Crippen molar-refractivity contribution in [3.05, 3.63) is 35.2 Å². The first-order chi connectivity index (χ1) is 11.6. The van der Waals surface area contributed by atoms with Crippen LogP contribution in [0.15, 0.2) is 18.3 Å².